The van der Waals surface area contributed by atoms with Crippen LogP contribution in [0.4, 0.5) is 5.69 Å². The van der Waals surface area contributed by atoms with Crippen LogP contribution in [0.25, 0.3) is 0 Å². The van der Waals surface area contributed by atoms with Crippen molar-refractivity contribution >= 4 is 27.5 Å². The van der Waals surface area contributed by atoms with Gasteiger partial charge in [0, 0.05) is 23.2 Å². The summed E-state index contributed by atoms with van der Waals surface area (Å²) in [4.78, 5) is 14.4. The Morgan fingerprint density at radius 3 is 2.63 bits per heavy atom. The number of hydrogen-bond acceptors (Lipinski definition) is 2. The summed E-state index contributed by atoms with van der Waals surface area (Å²) in [5.41, 5.74) is 7.33. The molecule has 0 saturated carbocycles. The second-order valence-electron chi connectivity index (χ2n) is 6.33. The summed E-state index contributed by atoms with van der Waals surface area (Å²) in [6, 6.07) is 5.44. The van der Waals surface area contributed by atoms with Crippen LogP contribution < -0.4 is 5.73 Å². The highest BCUT2D eigenvalue weighted by atomic mass is 79.9. The summed E-state index contributed by atoms with van der Waals surface area (Å²) in [7, 11) is 0. The van der Waals surface area contributed by atoms with Crippen molar-refractivity contribution in [1.82, 2.24) is 4.90 Å². The maximum Gasteiger partial charge on any atom is 0.255 e. The average Bonchev–Trinajstić information content (AvgIpc) is 2.76. The van der Waals surface area contributed by atoms with Gasteiger partial charge in [-0.2, -0.15) is 0 Å². The van der Waals surface area contributed by atoms with Gasteiger partial charge in [-0.15, -0.1) is 0 Å². The van der Waals surface area contributed by atoms with E-state index in [9.17, 15) is 4.79 Å². The Kier molecular flexibility index (Phi) is 3.90. The van der Waals surface area contributed by atoms with Crippen LogP contribution in [0, 0.1) is 11.3 Å². The third kappa shape index (κ3) is 3.11. The first-order valence-electron chi connectivity index (χ1n) is 6.63. The van der Waals surface area contributed by atoms with Gasteiger partial charge in [-0.25, -0.2) is 0 Å². The van der Waals surface area contributed by atoms with Crippen LogP contribution in [0.3, 0.4) is 0 Å². The third-order valence-corrected chi connectivity index (χ3v) is 4.44. The van der Waals surface area contributed by atoms with E-state index in [4.69, 9.17) is 5.73 Å². The molecule has 0 spiro atoms. The van der Waals surface area contributed by atoms with Crippen LogP contribution in [-0.4, -0.2) is 23.9 Å². The number of carbonyl (C=O) groups is 1. The summed E-state index contributed by atoms with van der Waals surface area (Å²) in [6.07, 6.45) is 1.08. The maximum absolute atomic E-state index is 12.5. The number of benzene rings is 1. The molecule has 3 nitrogen and oxygen atoms in total. The van der Waals surface area contributed by atoms with Crippen molar-refractivity contribution in [3.63, 3.8) is 0 Å². The molecule has 0 aliphatic carbocycles. The fraction of sp³-hybridized carbons (Fsp3) is 0.533. The van der Waals surface area contributed by atoms with E-state index < -0.39 is 0 Å². The monoisotopic (exact) mass is 324 g/mol. The molecule has 1 aromatic rings. The number of hydrogen-bond donors (Lipinski definition) is 1. The molecule has 1 heterocycles. The smallest absolute Gasteiger partial charge is 0.255 e. The number of nitrogen functional groups attached to an aromatic ring is 1. The van der Waals surface area contributed by atoms with Crippen LogP contribution >= 0.6 is 15.9 Å². The minimum Gasteiger partial charge on any atom is -0.398 e. The molecular formula is C15H21BrN2O. The molecule has 1 aliphatic rings. The molecule has 1 atom stereocenters. The first kappa shape index (κ1) is 14.4. The molecule has 2 rings (SSSR count). The lowest BCUT2D eigenvalue weighted by atomic mass is 9.80. The second kappa shape index (κ2) is 5.16. The van der Waals surface area contributed by atoms with Gasteiger partial charge in [-0.1, -0.05) is 36.7 Å². The highest BCUT2D eigenvalue weighted by Crippen LogP contribution is 2.34. The standard InChI is InChI=1S/C15H21BrN2O/c1-15(2,3)10-6-7-18(9-10)14(19)12-5-4-11(16)8-13(12)17/h4-5,8,10H,6-7,9,17H2,1-3H3. The fourth-order valence-corrected chi connectivity index (χ4v) is 2.93. The molecule has 1 fully saturated rings. The molecule has 2 N–H and O–H groups in total. The normalized spacial score (nSPS) is 19.8. The van der Waals surface area contributed by atoms with Gasteiger partial charge in [0.15, 0.2) is 0 Å². The van der Waals surface area contributed by atoms with Crippen molar-refractivity contribution < 1.29 is 4.79 Å². The van der Waals surface area contributed by atoms with Crippen molar-refractivity contribution in [1.29, 1.82) is 0 Å². The largest absolute Gasteiger partial charge is 0.398 e. The molecule has 1 amide bonds. The highest BCUT2D eigenvalue weighted by molar-refractivity contribution is 9.10. The Labute approximate surface area is 123 Å². The van der Waals surface area contributed by atoms with E-state index >= 15 is 0 Å². The number of nitrogens with zero attached hydrogens (tertiary/aromatic N) is 1. The molecule has 0 bridgehead atoms. The highest BCUT2D eigenvalue weighted by Gasteiger charge is 2.34. The van der Waals surface area contributed by atoms with Crippen molar-refractivity contribution in [2.75, 3.05) is 18.8 Å². The number of rotatable bonds is 1. The summed E-state index contributed by atoms with van der Waals surface area (Å²) in [5, 5.41) is 0. The topological polar surface area (TPSA) is 46.3 Å². The summed E-state index contributed by atoms with van der Waals surface area (Å²) in [5.74, 6) is 0.616. The number of amides is 1. The molecular weight excluding hydrogens is 304 g/mol. The van der Waals surface area contributed by atoms with Crippen LogP contribution in [0.2, 0.25) is 0 Å². The Morgan fingerprint density at radius 2 is 2.11 bits per heavy atom. The lowest BCUT2D eigenvalue weighted by molar-refractivity contribution is 0.0777. The first-order chi connectivity index (χ1) is 8.79. The molecule has 0 radical (unpaired) electrons. The van der Waals surface area contributed by atoms with Crippen molar-refractivity contribution in [2.24, 2.45) is 11.3 Å². The van der Waals surface area contributed by atoms with Gasteiger partial charge in [0.2, 0.25) is 0 Å². The Bertz CT molecular complexity index is 493. The summed E-state index contributed by atoms with van der Waals surface area (Å²) < 4.78 is 0.899. The van der Waals surface area contributed by atoms with Crippen LogP contribution in [0.5, 0.6) is 0 Å². The summed E-state index contributed by atoms with van der Waals surface area (Å²) >= 11 is 3.36. The van der Waals surface area contributed by atoms with Crippen LogP contribution in [-0.2, 0) is 0 Å². The van der Waals surface area contributed by atoms with Gasteiger partial charge in [0.05, 0.1) is 5.56 Å². The maximum atomic E-state index is 12.5. The van der Waals surface area contributed by atoms with Crippen LogP contribution in [0.1, 0.15) is 37.6 Å². The zero-order valence-corrected chi connectivity index (χ0v) is 13.3. The number of halogens is 1. The second-order valence-corrected chi connectivity index (χ2v) is 7.25. The average molecular weight is 325 g/mol. The van der Waals surface area contributed by atoms with E-state index in [1.807, 2.05) is 11.0 Å². The Balaban J connectivity index is 2.14. The van der Waals surface area contributed by atoms with Crippen molar-refractivity contribution in [2.45, 2.75) is 27.2 Å². The van der Waals surface area contributed by atoms with Gasteiger partial charge in [-0.3, -0.25) is 4.79 Å². The van der Waals surface area contributed by atoms with Gasteiger partial charge >= 0.3 is 0 Å². The predicted molar refractivity (Wildman–Crippen MR) is 82.0 cm³/mol. The Hall–Kier alpha value is -1.03. The van der Waals surface area contributed by atoms with E-state index in [-0.39, 0.29) is 11.3 Å². The van der Waals surface area contributed by atoms with Gasteiger partial charge in [0.25, 0.3) is 5.91 Å². The van der Waals surface area contributed by atoms with E-state index in [1.54, 1.807) is 12.1 Å². The zero-order valence-electron chi connectivity index (χ0n) is 11.7. The number of anilines is 1. The molecule has 104 valence electrons. The van der Waals surface area contributed by atoms with E-state index in [0.717, 1.165) is 24.0 Å². The van der Waals surface area contributed by atoms with Gasteiger partial charge in [-0.05, 0) is 36.0 Å². The minimum atomic E-state index is 0.0525. The number of carbonyl (C=O) groups excluding carboxylic acids is 1. The van der Waals surface area contributed by atoms with E-state index in [1.165, 1.54) is 0 Å². The molecule has 1 aromatic carbocycles. The lowest BCUT2D eigenvalue weighted by Crippen LogP contribution is -2.31. The van der Waals surface area contributed by atoms with E-state index in [0.29, 0.717) is 17.2 Å². The molecule has 19 heavy (non-hydrogen) atoms. The SMILES string of the molecule is CC(C)(C)C1CCN(C(=O)c2ccc(Br)cc2N)C1. The molecule has 1 saturated heterocycles. The molecule has 1 unspecified atom stereocenters. The summed E-state index contributed by atoms with van der Waals surface area (Å²) in [6.45, 7) is 8.37. The first-order valence-corrected chi connectivity index (χ1v) is 7.42. The number of likely N-dealkylation sites (tertiary alicyclic amines) is 1. The third-order valence-electron chi connectivity index (χ3n) is 3.94. The van der Waals surface area contributed by atoms with Crippen molar-refractivity contribution in [3.05, 3.63) is 28.2 Å². The quantitative estimate of drug-likeness (QED) is 0.803. The van der Waals surface area contributed by atoms with Gasteiger partial charge < -0.3 is 10.6 Å². The van der Waals surface area contributed by atoms with Crippen molar-refractivity contribution in [3.8, 4) is 0 Å². The number of nitrogens with two attached hydrogens (primary N) is 1. The fourth-order valence-electron chi connectivity index (χ4n) is 2.55. The zero-order chi connectivity index (χ0) is 14.2. The van der Waals surface area contributed by atoms with E-state index in [2.05, 4.69) is 36.7 Å². The van der Waals surface area contributed by atoms with Gasteiger partial charge in [0.1, 0.15) is 0 Å². The predicted octanol–water partition coefficient (Wildman–Crippen LogP) is 3.54. The van der Waals surface area contributed by atoms with Crippen LogP contribution in [0.15, 0.2) is 22.7 Å². The molecule has 0 aromatic heterocycles. The Morgan fingerprint density at radius 1 is 1.42 bits per heavy atom. The minimum absolute atomic E-state index is 0.0525. The molecule has 1 aliphatic heterocycles. The lowest BCUT2D eigenvalue weighted by Gasteiger charge is -2.27. The molecule has 4 heteroatoms.